The highest BCUT2D eigenvalue weighted by atomic mass is 16.5. The summed E-state index contributed by atoms with van der Waals surface area (Å²) in [5.74, 6) is 0.939. The first-order valence-electron chi connectivity index (χ1n) is 9.34. The van der Waals surface area contributed by atoms with Gasteiger partial charge in [-0.15, -0.1) is 0 Å². The van der Waals surface area contributed by atoms with Crippen molar-refractivity contribution in [1.82, 2.24) is 0 Å². The van der Waals surface area contributed by atoms with Gasteiger partial charge in [0.1, 0.15) is 34.2 Å². The number of ether oxygens (including phenoxy) is 3. The number of aryl methyl sites for hydroxylation is 2. The van der Waals surface area contributed by atoms with Crippen LogP contribution in [-0.2, 0) is 0 Å². The van der Waals surface area contributed by atoms with Crippen LogP contribution in [0.2, 0.25) is 0 Å². The Hall–Kier alpha value is -3.94. The van der Waals surface area contributed by atoms with Crippen molar-refractivity contribution in [3.05, 3.63) is 56.2 Å². The summed E-state index contributed by atoms with van der Waals surface area (Å²) >= 11 is 0. The molecule has 0 aliphatic rings. The van der Waals surface area contributed by atoms with Gasteiger partial charge >= 0.3 is 11.3 Å². The SMILES string of the molecule is COc1cc2oc(=O)cc(OC)c2c(C)c1-c1c(O)cc2oc(=O)cc(OC)c2c1C. The van der Waals surface area contributed by atoms with Gasteiger partial charge in [0.25, 0.3) is 0 Å². The predicted octanol–water partition coefficient (Wildman–Crippen LogP) is 3.91. The maximum absolute atomic E-state index is 11.9. The molecule has 31 heavy (non-hydrogen) atoms. The van der Waals surface area contributed by atoms with Gasteiger partial charge in [-0.2, -0.15) is 0 Å². The summed E-state index contributed by atoms with van der Waals surface area (Å²) in [6, 6.07) is 5.45. The average Bonchev–Trinajstić information content (AvgIpc) is 2.73. The van der Waals surface area contributed by atoms with Gasteiger partial charge in [-0.05, 0) is 25.0 Å². The molecule has 0 aliphatic carbocycles. The van der Waals surface area contributed by atoms with Gasteiger partial charge in [-0.1, -0.05) is 0 Å². The third-order valence-corrected chi connectivity index (χ3v) is 5.35. The third kappa shape index (κ3) is 3.07. The van der Waals surface area contributed by atoms with E-state index in [0.29, 0.717) is 55.9 Å². The minimum atomic E-state index is -0.588. The quantitative estimate of drug-likeness (QED) is 0.491. The lowest BCUT2D eigenvalue weighted by Gasteiger charge is -2.19. The molecule has 4 aromatic rings. The lowest BCUT2D eigenvalue weighted by molar-refractivity contribution is 0.408. The van der Waals surface area contributed by atoms with E-state index in [1.807, 2.05) is 6.92 Å². The lowest BCUT2D eigenvalue weighted by atomic mass is 9.90. The molecule has 0 spiro atoms. The van der Waals surface area contributed by atoms with E-state index in [1.165, 1.54) is 39.5 Å². The van der Waals surface area contributed by atoms with E-state index in [1.54, 1.807) is 13.0 Å². The van der Waals surface area contributed by atoms with Crippen molar-refractivity contribution in [3.63, 3.8) is 0 Å². The van der Waals surface area contributed by atoms with Crippen molar-refractivity contribution in [2.45, 2.75) is 13.8 Å². The second kappa shape index (κ2) is 7.39. The zero-order chi connectivity index (χ0) is 22.4. The molecule has 4 rings (SSSR count). The molecule has 2 aromatic carbocycles. The molecule has 160 valence electrons. The van der Waals surface area contributed by atoms with Crippen LogP contribution in [0, 0.1) is 13.8 Å². The Labute approximate surface area is 176 Å². The highest BCUT2D eigenvalue weighted by Crippen LogP contribution is 2.47. The molecular weight excluding hydrogens is 404 g/mol. The normalized spacial score (nSPS) is 11.1. The second-order valence-electron chi connectivity index (χ2n) is 6.99. The molecule has 2 aromatic heterocycles. The topological polar surface area (TPSA) is 108 Å². The van der Waals surface area contributed by atoms with Crippen LogP contribution >= 0.6 is 0 Å². The fourth-order valence-electron chi connectivity index (χ4n) is 4.05. The summed E-state index contributed by atoms with van der Waals surface area (Å²) in [6.07, 6.45) is 0. The van der Waals surface area contributed by atoms with E-state index < -0.39 is 11.3 Å². The van der Waals surface area contributed by atoms with Gasteiger partial charge < -0.3 is 28.2 Å². The number of fused-ring (bicyclic) bond motifs is 2. The Morgan fingerprint density at radius 1 is 0.677 bits per heavy atom. The van der Waals surface area contributed by atoms with Crippen molar-refractivity contribution in [1.29, 1.82) is 0 Å². The molecule has 0 radical (unpaired) electrons. The monoisotopic (exact) mass is 424 g/mol. The van der Waals surface area contributed by atoms with Gasteiger partial charge in [-0.25, -0.2) is 9.59 Å². The zero-order valence-corrected chi connectivity index (χ0v) is 17.6. The predicted molar refractivity (Wildman–Crippen MR) is 115 cm³/mol. The van der Waals surface area contributed by atoms with Crippen molar-refractivity contribution in [2.24, 2.45) is 0 Å². The number of hydrogen-bond donors (Lipinski definition) is 1. The number of rotatable bonds is 4. The first-order valence-corrected chi connectivity index (χ1v) is 9.34. The third-order valence-electron chi connectivity index (χ3n) is 5.35. The highest BCUT2D eigenvalue weighted by molar-refractivity contribution is 6.01. The maximum Gasteiger partial charge on any atom is 0.339 e. The van der Waals surface area contributed by atoms with Gasteiger partial charge in [0.05, 0.1) is 44.2 Å². The number of phenols is 1. The van der Waals surface area contributed by atoms with Crippen molar-refractivity contribution >= 4 is 21.9 Å². The second-order valence-corrected chi connectivity index (χ2v) is 6.99. The van der Waals surface area contributed by atoms with Crippen molar-refractivity contribution < 1.29 is 28.2 Å². The number of benzene rings is 2. The Morgan fingerprint density at radius 2 is 1.13 bits per heavy atom. The molecule has 0 saturated carbocycles. The minimum Gasteiger partial charge on any atom is -0.507 e. The molecule has 0 saturated heterocycles. The molecule has 8 nitrogen and oxygen atoms in total. The fraction of sp³-hybridized carbons (Fsp3) is 0.217. The zero-order valence-electron chi connectivity index (χ0n) is 17.6. The Bertz CT molecular complexity index is 1460. The van der Waals surface area contributed by atoms with Crippen LogP contribution < -0.4 is 25.5 Å². The van der Waals surface area contributed by atoms with Crippen molar-refractivity contribution in [3.8, 4) is 34.1 Å². The molecule has 0 fully saturated rings. The van der Waals surface area contributed by atoms with Crippen LogP contribution in [0.5, 0.6) is 23.0 Å². The van der Waals surface area contributed by atoms with Gasteiger partial charge in [-0.3, -0.25) is 0 Å². The summed E-state index contributed by atoms with van der Waals surface area (Å²) in [5.41, 5.74) is 1.68. The molecule has 0 amide bonds. The van der Waals surface area contributed by atoms with Crippen LogP contribution in [-0.4, -0.2) is 26.4 Å². The van der Waals surface area contributed by atoms with Crippen LogP contribution in [0.4, 0.5) is 0 Å². The molecule has 2 heterocycles. The maximum atomic E-state index is 11.9. The molecule has 0 bridgehead atoms. The lowest BCUT2D eigenvalue weighted by Crippen LogP contribution is -2.03. The Kier molecular flexibility index (Phi) is 4.85. The number of aromatic hydroxyl groups is 1. The summed E-state index contributed by atoms with van der Waals surface area (Å²) in [4.78, 5) is 23.7. The smallest absolute Gasteiger partial charge is 0.339 e. The molecule has 0 unspecified atom stereocenters. The van der Waals surface area contributed by atoms with Crippen LogP contribution in [0.3, 0.4) is 0 Å². The average molecular weight is 424 g/mol. The minimum absolute atomic E-state index is 0.112. The molecule has 8 heteroatoms. The van der Waals surface area contributed by atoms with E-state index in [0.717, 1.165) is 0 Å². The van der Waals surface area contributed by atoms with Crippen molar-refractivity contribution in [2.75, 3.05) is 21.3 Å². The summed E-state index contributed by atoms with van der Waals surface area (Å²) in [5, 5.41) is 12.0. The number of hydrogen-bond acceptors (Lipinski definition) is 8. The first kappa shape index (κ1) is 20.3. The molecule has 1 N–H and O–H groups in total. The summed E-state index contributed by atoms with van der Waals surface area (Å²) < 4.78 is 27.0. The first-order chi connectivity index (χ1) is 14.8. The van der Waals surface area contributed by atoms with E-state index in [2.05, 4.69) is 0 Å². The Morgan fingerprint density at radius 3 is 1.61 bits per heavy atom. The summed E-state index contributed by atoms with van der Waals surface area (Å²) in [6.45, 7) is 3.60. The standard InChI is InChI=1S/C23H20O8/c1-10-20(12(24)6-16-21(10)14(28-4)8-18(25)30-16)23-11(2)22-15(29-5)9-19(26)31-17(22)7-13(23)27-3/h6-9,24H,1-5H3. The van der Waals surface area contributed by atoms with E-state index >= 15 is 0 Å². The molecule has 0 atom stereocenters. The van der Waals surface area contributed by atoms with E-state index in [9.17, 15) is 14.7 Å². The number of methoxy groups -OCH3 is 3. The Balaban J connectivity index is 2.20. The molecule has 0 aliphatic heterocycles. The van der Waals surface area contributed by atoms with E-state index in [4.69, 9.17) is 23.0 Å². The van der Waals surface area contributed by atoms with Gasteiger partial charge in [0.15, 0.2) is 0 Å². The highest BCUT2D eigenvalue weighted by Gasteiger charge is 2.24. The van der Waals surface area contributed by atoms with Crippen LogP contribution in [0.1, 0.15) is 11.1 Å². The van der Waals surface area contributed by atoms with Gasteiger partial charge in [0, 0.05) is 23.3 Å². The summed E-state index contributed by atoms with van der Waals surface area (Å²) in [7, 11) is 4.40. The van der Waals surface area contributed by atoms with Gasteiger partial charge in [0.2, 0.25) is 0 Å². The van der Waals surface area contributed by atoms with Crippen LogP contribution in [0.25, 0.3) is 33.1 Å². The number of phenolic OH excluding ortho intramolecular Hbond substituents is 1. The van der Waals surface area contributed by atoms with E-state index in [-0.39, 0.29) is 11.3 Å². The molecular formula is C23H20O8. The largest absolute Gasteiger partial charge is 0.507 e. The fourth-order valence-corrected chi connectivity index (χ4v) is 4.05. The van der Waals surface area contributed by atoms with Crippen LogP contribution in [0.15, 0.2) is 42.7 Å².